The molecule has 0 aromatic rings. The monoisotopic (exact) mass is 172 g/mol. The molecule has 2 nitrogen and oxygen atoms in total. The number of hydrogen-bond acceptors (Lipinski definition) is 1. The molecule has 1 fully saturated rings. The third-order valence-electron chi connectivity index (χ3n) is 1.98. The molecular weight excluding hydrogens is 156 g/mol. The van der Waals surface area contributed by atoms with Crippen molar-refractivity contribution in [1.82, 2.24) is 4.90 Å². The van der Waals surface area contributed by atoms with Crippen LogP contribution in [0.3, 0.4) is 0 Å². The Labute approximate surface area is 73.7 Å². The van der Waals surface area contributed by atoms with E-state index in [9.17, 15) is 0 Å². The van der Waals surface area contributed by atoms with E-state index in [1.807, 2.05) is 0 Å². The van der Waals surface area contributed by atoms with Crippen LogP contribution in [0.2, 0.25) is 0 Å². The van der Waals surface area contributed by atoms with E-state index in [4.69, 9.17) is 18.0 Å². The van der Waals surface area contributed by atoms with E-state index in [-0.39, 0.29) is 0 Å². The smallest absolute Gasteiger partial charge is 0.166 e. The number of thiocarbonyl (C=S) groups is 1. The van der Waals surface area contributed by atoms with Gasteiger partial charge in [0.2, 0.25) is 0 Å². The molecule has 0 heterocycles. The van der Waals surface area contributed by atoms with Crippen molar-refractivity contribution in [1.29, 1.82) is 0 Å². The highest BCUT2D eigenvalue weighted by Gasteiger charge is 2.24. The fourth-order valence-corrected chi connectivity index (χ4v) is 1.34. The zero-order valence-electron chi connectivity index (χ0n) is 7.05. The maximum absolute atomic E-state index is 5.56. The third-order valence-corrected chi connectivity index (χ3v) is 2.24. The maximum atomic E-state index is 5.56. The van der Waals surface area contributed by atoms with Gasteiger partial charge in [-0.2, -0.15) is 0 Å². The standard InChI is InChI=1S/C8H16N2S/c1-2-5-10(8(9)11)6-7-3-4-7/h7H,2-6H2,1H3,(H2,9,11). The summed E-state index contributed by atoms with van der Waals surface area (Å²) in [4.78, 5) is 2.12. The molecule has 1 saturated carbocycles. The Bertz CT molecular complexity index is 143. The van der Waals surface area contributed by atoms with Gasteiger partial charge in [0.15, 0.2) is 5.11 Å². The summed E-state index contributed by atoms with van der Waals surface area (Å²) in [5, 5.41) is 0.568. The van der Waals surface area contributed by atoms with E-state index >= 15 is 0 Å². The summed E-state index contributed by atoms with van der Waals surface area (Å²) in [7, 11) is 0. The van der Waals surface area contributed by atoms with E-state index in [1.165, 1.54) is 12.8 Å². The Morgan fingerprint density at radius 1 is 1.64 bits per heavy atom. The van der Waals surface area contributed by atoms with Crippen molar-refractivity contribution < 1.29 is 0 Å². The lowest BCUT2D eigenvalue weighted by atomic mass is 10.3. The number of rotatable bonds is 4. The predicted octanol–water partition coefficient (Wildman–Crippen LogP) is 1.35. The van der Waals surface area contributed by atoms with Crippen LogP contribution in [0.25, 0.3) is 0 Å². The lowest BCUT2D eigenvalue weighted by Crippen LogP contribution is -2.37. The topological polar surface area (TPSA) is 29.3 Å². The molecule has 0 radical (unpaired) electrons. The molecule has 3 heteroatoms. The Hall–Kier alpha value is -0.310. The van der Waals surface area contributed by atoms with Crippen molar-refractivity contribution in [3.05, 3.63) is 0 Å². The van der Waals surface area contributed by atoms with Crippen LogP contribution in [0.15, 0.2) is 0 Å². The second kappa shape index (κ2) is 3.90. The molecule has 64 valence electrons. The summed E-state index contributed by atoms with van der Waals surface area (Å²) < 4.78 is 0. The first-order valence-corrected chi connectivity index (χ1v) is 4.69. The number of hydrogen-bond donors (Lipinski definition) is 1. The average Bonchev–Trinajstić information content (AvgIpc) is 2.70. The van der Waals surface area contributed by atoms with E-state index < -0.39 is 0 Å². The fourth-order valence-electron chi connectivity index (χ4n) is 1.17. The largest absolute Gasteiger partial charge is 0.376 e. The Balaban J connectivity index is 2.24. The van der Waals surface area contributed by atoms with E-state index in [2.05, 4.69) is 11.8 Å². The van der Waals surface area contributed by atoms with Gasteiger partial charge in [0, 0.05) is 13.1 Å². The highest BCUT2D eigenvalue weighted by molar-refractivity contribution is 7.80. The second-order valence-electron chi connectivity index (χ2n) is 3.23. The second-order valence-corrected chi connectivity index (χ2v) is 3.65. The van der Waals surface area contributed by atoms with Gasteiger partial charge in [-0.15, -0.1) is 0 Å². The zero-order valence-corrected chi connectivity index (χ0v) is 7.86. The minimum Gasteiger partial charge on any atom is -0.376 e. The summed E-state index contributed by atoms with van der Waals surface area (Å²) in [6.07, 6.45) is 3.86. The van der Waals surface area contributed by atoms with E-state index in [1.54, 1.807) is 0 Å². The Morgan fingerprint density at radius 2 is 2.27 bits per heavy atom. The van der Waals surface area contributed by atoms with Crippen LogP contribution < -0.4 is 5.73 Å². The quantitative estimate of drug-likeness (QED) is 0.649. The minimum absolute atomic E-state index is 0.568. The van der Waals surface area contributed by atoms with Gasteiger partial charge in [-0.25, -0.2) is 0 Å². The van der Waals surface area contributed by atoms with E-state index in [0.717, 1.165) is 25.4 Å². The first-order valence-electron chi connectivity index (χ1n) is 4.28. The molecule has 0 aromatic heterocycles. The minimum atomic E-state index is 0.568. The van der Waals surface area contributed by atoms with Crippen molar-refractivity contribution in [3.63, 3.8) is 0 Å². The summed E-state index contributed by atoms with van der Waals surface area (Å²) in [6.45, 7) is 4.26. The number of nitrogens with two attached hydrogens (primary N) is 1. The third kappa shape index (κ3) is 3.06. The van der Waals surface area contributed by atoms with Crippen molar-refractivity contribution in [2.24, 2.45) is 11.7 Å². The van der Waals surface area contributed by atoms with Gasteiger partial charge >= 0.3 is 0 Å². The molecule has 0 unspecified atom stereocenters. The van der Waals surface area contributed by atoms with E-state index in [0.29, 0.717) is 5.11 Å². The van der Waals surface area contributed by atoms with Crippen LogP contribution in [0.1, 0.15) is 26.2 Å². The first kappa shape index (κ1) is 8.78. The molecule has 0 atom stereocenters. The summed E-state index contributed by atoms with van der Waals surface area (Å²) in [5.41, 5.74) is 5.56. The predicted molar refractivity (Wildman–Crippen MR) is 51.4 cm³/mol. The summed E-state index contributed by atoms with van der Waals surface area (Å²) >= 11 is 4.93. The zero-order chi connectivity index (χ0) is 8.27. The molecule has 0 aliphatic heterocycles. The normalized spacial score (nSPS) is 16.5. The Kier molecular flexibility index (Phi) is 3.12. The molecule has 1 aliphatic carbocycles. The molecule has 0 saturated heterocycles. The van der Waals surface area contributed by atoms with Crippen LogP contribution in [0.5, 0.6) is 0 Å². The van der Waals surface area contributed by atoms with Crippen molar-refractivity contribution >= 4 is 17.3 Å². The molecule has 0 bridgehead atoms. The van der Waals surface area contributed by atoms with Gasteiger partial charge in [0.25, 0.3) is 0 Å². The average molecular weight is 172 g/mol. The molecule has 1 rings (SSSR count). The maximum Gasteiger partial charge on any atom is 0.166 e. The SMILES string of the molecule is CCCN(CC1CC1)C(N)=S. The molecule has 11 heavy (non-hydrogen) atoms. The van der Waals surface area contributed by atoms with Gasteiger partial charge in [-0.1, -0.05) is 6.92 Å². The number of nitrogens with zero attached hydrogens (tertiary/aromatic N) is 1. The first-order chi connectivity index (χ1) is 5.24. The Morgan fingerprint density at radius 3 is 2.64 bits per heavy atom. The fraction of sp³-hybridized carbons (Fsp3) is 0.875. The van der Waals surface area contributed by atoms with Gasteiger partial charge in [-0.05, 0) is 37.4 Å². The molecule has 0 aromatic carbocycles. The van der Waals surface area contributed by atoms with Gasteiger partial charge in [0.1, 0.15) is 0 Å². The molecule has 0 amide bonds. The molecule has 2 N–H and O–H groups in total. The highest BCUT2D eigenvalue weighted by atomic mass is 32.1. The van der Waals surface area contributed by atoms with Crippen LogP contribution >= 0.6 is 12.2 Å². The van der Waals surface area contributed by atoms with Gasteiger partial charge in [-0.3, -0.25) is 0 Å². The summed E-state index contributed by atoms with van der Waals surface area (Å²) in [6, 6.07) is 0. The van der Waals surface area contributed by atoms with Crippen LogP contribution in [0.4, 0.5) is 0 Å². The molecular formula is C8H16N2S. The highest BCUT2D eigenvalue weighted by Crippen LogP contribution is 2.29. The lowest BCUT2D eigenvalue weighted by molar-refractivity contribution is 0.402. The van der Waals surface area contributed by atoms with Crippen molar-refractivity contribution in [3.8, 4) is 0 Å². The van der Waals surface area contributed by atoms with Crippen molar-refractivity contribution in [2.45, 2.75) is 26.2 Å². The lowest BCUT2D eigenvalue weighted by Gasteiger charge is -2.21. The van der Waals surface area contributed by atoms with Gasteiger partial charge in [0.05, 0.1) is 0 Å². The van der Waals surface area contributed by atoms with Gasteiger partial charge < -0.3 is 10.6 Å². The van der Waals surface area contributed by atoms with Crippen molar-refractivity contribution in [2.75, 3.05) is 13.1 Å². The molecule has 0 spiro atoms. The molecule has 1 aliphatic rings. The van der Waals surface area contributed by atoms with Crippen LogP contribution in [0, 0.1) is 5.92 Å². The summed E-state index contributed by atoms with van der Waals surface area (Å²) in [5.74, 6) is 0.878. The van der Waals surface area contributed by atoms with Crippen LogP contribution in [-0.2, 0) is 0 Å². The van der Waals surface area contributed by atoms with Crippen LogP contribution in [-0.4, -0.2) is 23.1 Å².